The number of aromatic nitrogens is 3. The van der Waals surface area contributed by atoms with Crippen LogP contribution in [0.2, 0.25) is 0 Å². The summed E-state index contributed by atoms with van der Waals surface area (Å²) in [5.74, 6) is 0.468. The van der Waals surface area contributed by atoms with Gasteiger partial charge in [-0.05, 0) is 129 Å². The maximum Gasteiger partial charge on any atom is 0.0969 e. The molecule has 430 valence electrons. The fourth-order valence-electron chi connectivity index (χ4n) is 8.73. The zero-order valence-corrected chi connectivity index (χ0v) is 51.3. The maximum absolute atomic E-state index is 9.50. The molecule has 0 radical (unpaired) electrons. The number of fused-ring (bicyclic) bond motifs is 1. The molecule has 16 heteroatoms. The number of allylic oxidation sites excluding steroid dienone is 1. The molecule has 3 aromatic heterocycles. The number of hydrazine groups is 1. The van der Waals surface area contributed by atoms with Gasteiger partial charge in [0.15, 0.2) is 0 Å². The summed E-state index contributed by atoms with van der Waals surface area (Å²) in [6.07, 6.45) is 14.6. The smallest absolute Gasteiger partial charge is 0.0969 e. The van der Waals surface area contributed by atoms with Crippen LogP contribution < -0.4 is 28.1 Å². The van der Waals surface area contributed by atoms with Crippen LogP contribution in [-0.4, -0.2) is 122 Å². The second-order valence-corrected chi connectivity index (χ2v) is 20.5. The first kappa shape index (κ1) is 73.3. The number of nitrogens with zero attached hydrogens (tertiary/aromatic N) is 6. The molecule has 0 spiro atoms. The third kappa shape index (κ3) is 23.9. The largest absolute Gasteiger partial charge is 0.501 e. The minimum Gasteiger partial charge on any atom is -0.501 e. The van der Waals surface area contributed by atoms with E-state index in [1.165, 1.54) is 73.2 Å². The highest BCUT2D eigenvalue weighted by Gasteiger charge is 2.29. The molecule has 0 aliphatic carbocycles. The first-order valence-corrected chi connectivity index (χ1v) is 27.8. The molecule has 1 aliphatic heterocycles. The zero-order valence-electron chi connectivity index (χ0n) is 49.6. The Bertz CT molecular complexity index is 2230. The lowest BCUT2D eigenvalue weighted by atomic mass is 9.84. The van der Waals surface area contributed by atoms with E-state index in [4.69, 9.17) is 25.2 Å². The predicted molar refractivity (Wildman–Crippen MR) is 334 cm³/mol. The van der Waals surface area contributed by atoms with E-state index >= 15 is 0 Å². The second-order valence-electron chi connectivity index (χ2n) is 19.0. The lowest BCUT2D eigenvalue weighted by molar-refractivity contribution is 0.116. The number of aryl methyl sites for hydroxylation is 2. The molecule has 0 saturated carbocycles. The molecule has 1 saturated heterocycles. The molecule has 1 fully saturated rings. The molecule has 76 heavy (non-hydrogen) atoms. The highest BCUT2D eigenvalue weighted by molar-refractivity contribution is 7.80. The Kier molecular flexibility index (Phi) is 39.9. The van der Waals surface area contributed by atoms with Crippen LogP contribution in [0.1, 0.15) is 103 Å². The predicted octanol–water partition coefficient (Wildman–Crippen LogP) is 12.2. The number of methoxy groups -OCH3 is 1. The van der Waals surface area contributed by atoms with Crippen molar-refractivity contribution in [2.75, 3.05) is 75.8 Å². The lowest BCUT2D eigenvalue weighted by Crippen LogP contribution is -2.37. The molecule has 0 bridgehead atoms. The number of alkyl halides is 1. The standard InChI is InChI=1S/C35H49N5O2S.C11H20N2S.C9H18N2.C2H4.CH3F.2CH5N/c1-8-40-31-18-17-26(30-23-43-32(39-30)16-12-10-11-13-20-38-36-6)21-28(31)29(22-35(4,5)24-42-9-2)34(40)27-15-14-19-37-33(27)25(3)41-7;1-5-9(2)13-8-10(3)12(4)7-6-11(13)14;1-6-11(5)9(7(2)3)8(4)10;4*1-2/h9,14-15,17-19,21,23,25,36,38H,2,8,10-13,16,20,22,24H2,1,3-7H3;5,10-11,14H,1-2,6-8H2,3-4H3;6-7,9H,1,4,10H2,2-3,5H3;1-2H2;1H3;2*2H2,1H3. The van der Waals surface area contributed by atoms with Crippen LogP contribution in [0.15, 0.2) is 118 Å². The number of thiazole rings is 1. The van der Waals surface area contributed by atoms with Crippen LogP contribution >= 0.6 is 24.0 Å². The number of ether oxygens (including phenoxy) is 2. The number of hydrogen-bond acceptors (Lipinski definition) is 14. The van der Waals surface area contributed by atoms with Gasteiger partial charge in [-0.1, -0.05) is 79.5 Å². The monoisotopic (exact) mass is 1090 g/mol. The minimum atomic E-state index is -0.126. The topological polar surface area (TPSA) is 161 Å². The number of likely N-dealkylation sites (N-methyl/N-ethyl adjacent to an activating group) is 2. The fraction of sp³-hybridized carbons (Fsp3) is 0.533. The van der Waals surface area contributed by atoms with E-state index < -0.39 is 0 Å². The Morgan fingerprint density at radius 1 is 1.05 bits per heavy atom. The average Bonchev–Trinajstić information content (AvgIpc) is 4.00. The summed E-state index contributed by atoms with van der Waals surface area (Å²) in [6.45, 7) is 44.7. The van der Waals surface area contributed by atoms with Gasteiger partial charge in [-0.2, -0.15) is 12.6 Å². The molecule has 8 N–H and O–H groups in total. The van der Waals surface area contributed by atoms with Crippen molar-refractivity contribution in [1.82, 2.24) is 40.1 Å². The van der Waals surface area contributed by atoms with Gasteiger partial charge in [0.25, 0.3) is 0 Å². The van der Waals surface area contributed by atoms with E-state index in [0.29, 0.717) is 31.4 Å². The Morgan fingerprint density at radius 3 is 2.24 bits per heavy atom. The molecule has 1 aromatic carbocycles. The molecule has 4 unspecified atom stereocenters. The van der Waals surface area contributed by atoms with Crippen molar-refractivity contribution in [3.05, 3.63) is 134 Å². The van der Waals surface area contributed by atoms with Gasteiger partial charge in [0.2, 0.25) is 0 Å². The van der Waals surface area contributed by atoms with E-state index in [2.05, 4.69) is 181 Å². The Hall–Kier alpha value is -4.78. The average molecular weight is 1090 g/mol. The van der Waals surface area contributed by atoms with Crippen molar-refractivity contribution in [2.24, 2.45) is 28.5 Å². The third-order valence-corrected chi connectivity index (χ3v) is 14.1. The third-order valence-electron chi connectivity index (χ3n) is 12.7. The van der Waals surface area contributed by atoms with Gasteiger partial charge in [0, 0.05) is 96.8 Å². The van der Waals surface area contributed by atoms with Crippen molar-refractivity contribution >= 4 is 34.9 Å². The van der Waals surface area contributed by atoms with Gasteiger partial charge in [0.1, 0.15) is 0 Å². The number of thiol groups is 1. The highest BCUT2D eigenvalue weighted by atomic mass is 32.1. The molecule has 0 amide bonds. The molecular weight excluding hydrogens is 990 g/mol. The minimum absolute atomic E-state index is 0.113. The Morgan fingerprint density at radius 2 is 1.70 bits per heavy atom. The quantitative estimate of drug-likeness (QED) is 0.00986. The number of rotatable bonds is 24. The highest BCUT2D eigenvalue weighted by Crippen LogP contribution is 2.42. The van der Waals surface area contributed by atoms with Gasteiger partial charge >= 0.3 is 0 Å². The second kappa shape index (κ2) is 41.3. The molecule has 4 aromatic rings. The first-order valence-electron chi connectivity index (χ1n) is 26.4. The number of hydrogen-bond donors (Lipinski definition) is 6. The SMILES string of the molecule is C=C.C=CC(=C)N1CC(C)N(C)CCC1S.C=CN(C)C(C(=C)N)C(C)C.C=COCC(C)(C)Cc1c(-c2cccnc2C(C)OC)n(CC)c2ccc(-c3csc(CCCCCCNNC)n3)cc12.CF.CN.CN. The molecule has 1 aliphatic rings. The number of nitrogens with one attached hydrogen (secondary N) is 2. The summed E-state index contributed by atoms with van der Waals surface area (Å²) in [5.41, 5.74) is 30.4. The summed E-state index contributed by atoms with van der Waals surface area (Å²) < 4.78 is 23.4. The molecule has 4 heterocycles. The number of benzene rings is 1. The molecule has 4 atom stereocenters. The van der Waals surface area contributed by atoms with Gasteiger partial charge in [-0.25, -0.2) is 4.98 Å². The van der Waals surface area contributed by atoms with Crippen LogP contribution in [0.3, 0.4) is 0 Å². The first-order chi connectivity index (χ1) is 36.4. The number of pyridine rings is 1. The van der Waals surface area contributed by atoms with E-state index in [9.17, 15) is 4.39 Å². The maximum atomic E-state index is 9.50. The molecule has 13 nitrogen and oxygen atoms in total. The zero-order chi connectivity index (χ0) is 58.6. The van der Waals surface area contributed by atoms with E-state index in [1.54, 1.807) is 30.7 Å². The lowest BCUT2D eigenvalue weighted by Gasteiger charge is -2.30. The van der Waals surface area contributed by atoms with E-state index in [1.807, 2.05) is 31.3 Å². The van der Waals surface area contributed by atoms with Gasteiger partial charge in [0.05, 0.1) is 59.7 Å². The summed E-state index contributed by atoms with van der Waals surface area (Å²) in [7, 11) is 11.3. The Labute approximate surface area is 471 Å². The van der Waals surface area contributed by atoms with Gasteiger partial charge in [-0.15, -0.1) is 24.5 Å². The number of nitrogens with two attached hydrogens (primary N) is 3. The van der Waals surface area contributed by atoms with Crippen LogP contribution in [-0.2, 0) is 28.9 Å². The van der Waals surface area contributed by atoms with Gasteiger partial charge in [-0.3, -0.25) is 20.2 Å². The molecule has 5 rings (SSSR count). The van der Waals surface area contributed by atoms with Crippen LogP contribution in [0, 0.1) is 11.3 Å². The van der Waals surface area contributed by atoms with E-state index in [0.717, 1.165) is 73.7 Å². The Balaban J connectivity index is 0. The number of unbranched alkanes of at least 4 members (excludes halogenated alkanes) is 3. The van der Waals surface area contributed by atoms with Crippen LogP contribution in [0.4, 0.5) is 4.39 Å². The van der Waals surface area contributed by atoms with Crippen molar-refractivity contribution in [2.45, 2.75) is 124 Å². The van der Waals surface area contributed by atoms with Crippen LogP contribution in [0.5, 0.6) is 0 Å². The summed E-state index contributed by atoms with van der Waals surface area (Å²) >= 11 is 6.37. The van der Waals surface area contributed by atoms with Gasteiger partial charge < -0.3 is 45.9 Å². The summed E-state index contributed by atoms with van der Waals surface area (Å²) in [6, 6.07) is 11.8. The summed E-state index contributed by atoms with van der Waals surface area (Å²) in [4.78, 5) is 16.4. The molecular formula is C60H104FN11O2S2. The number of halogens is 1. The van der Waals surface area contributed by atoms with Crippen molar-refractivity contribution in [1.29, 1.82) is 0 Å². The van der Waals surface area contributed by atoms with Crippen molar-refractivity contribution in [3.8, 4) is 22.5 Å². The summed E-state index contributed by atoms with van der Waals surface area (Å²) in [5, 5.41) is 4.96. The normalized spacial score (nSPS) is 14.8. The van der Waals surface area contributed by atoms with Crippen LogP contribution in [0.25, 0.3) is 33.4 Å². The fourth-order valence-corrected chi connectivity index (χ4v) is 9.94. The van der Waals surface area contributed by atoms with Crippen molar-refractivity contribution < 1.29 is 13.9 Å². The van der Waals surface area contributed by atoms with E-state index in [-0.39, 0.29) is 22.9 Å². The van der Waals surface area contributed by atoms with Crippen molar-refractivity contribution in [3.63, 3.8) is 0 Å².